The Balaban J connectivity index is 1.88. The highest BCUT2D eigenvalue weighted by molar-refractivity contribution is 8.00. The van der Waals surface area contributed by atoms with E-state index in [9.17, 15) is 5.11 Å². The predicted molar refractivity (Wildman–Crippen MR) is 83.5 cm³/mol. The Morgan fingerprint density at radius 1 is 1.05 bits per heavy atom. The van der Waals surface area contributed by atoms with Crippen LogP contribution in [0.5, 0.6) is 0 Å². The number of thioether (sulfide) groups is 1. The van der Waals surface area contributed by atoms with Crippen LogP contribution in [-0.2, 0) is 0 Å². The molecule has 0 amide bonds. The summed E-state index contributed by atoms with van der Waals surface area (Å²) in [7, 11) is 0. The number of hydrogen-bond acceptors (Lipinski definition) is 2. The first-order chi connectivity index (χ1) is 9.18. The largest absolute Gasteiger partial charge is 0.392 e. The van der Waals surface area contributed by atoms with Crippen LogP contribution >= 0.6 is 11.8 Å². The van der Waals surface area contributed by atoms with Crippen LogP contribution in [0.3, 0.4) is 0 Å². The number of hydrogen-bond donors (Lipinski definition) is 1. The van der Waals surface area contributed by atoms with E-state index in [-0.39, 0.29) is 11.4 Å². The Labute approximate surface area is 121 Å². The van der Waals surface area contributed by atoms with Crippen LogP contribution < -0.4 is 0 Å². The van der Waals surface area contributed by atoms with E-state index in [1.165, 1.54) is 37.0 Å². The normalized spacial score (nSPS) is 21.8. The minimum Gasteiger partial charge on any atom is -0.392 e. The number of rotatable bonds is 5. The zero-order valence-corrected chi connectivity index (χ0v) is 12.9. The summed E-state index contributed by atoms with van der Waals surface area (Å²) in [6.07, 6.45) is 6.49. The summed E-state index contributed by atoms with van der Waals surface area (Å²) in [5.74, 6) is 1.15. The van der Waals surface area contributed by atoms with Crippen molar-refractivity contribution in [2.24, 2.45) is 11.8 Å². The van der Waals surface area contributed by atoms with Gasteiger partial charge in [-0.3, -0.25) is 0 Å². The maximum absolute atomic E-state index is 10.6. The minimum atomic E-state index is -0.201. The first-order valence-electron chi connectivity index (χ1n) is 7.58. The summed E-state index contributed by atoms with van der Waals surface area (Å²) in [6, 6.07) is 10.4. The van der Waals surface area contributed by atoms with Crippen LogP contribution in [0.25, 0.3) is 0 Å². The molecule has 19 heavy (non-hydrogen) atoms. The van der Waals surface area contributed by atoms with Gasteiger partial charge in [0.15, 0.2) is 0 Å². The van der Waals surface area contributed by atoms with E-state index in [2.05, 4.69) is 38.1 Å². The average molecular weight is 278 g/mol. The second-order valence-corrected chi connectivity index (χ2v) is 7.33. The smallest absolute Gasteiger partial charge is 0.0687 e. The van der Waals surface area contributed by atoms with Crippen molar-refractivity contribution in [3.05, 3.63) is 30.3 Å². The molecule has 0 aromatic heterocycles. The van der Waals surface area contributed by atoms with E-state index < -0.39 is 0 Å². The highest BCUT2D eigenvalue weighted by atomic mass is 32.2. The van der Waals surface area contributed by atoms with E-state index in [1.54, 1.807) is 11.8 Å². The summed E-state index contributed by atoms with van der Waals surface area (Å²) >= 11 is 1.79. The fourth-order valence-electron chi connectivity index (χ4n) is 3.15. The lowest BCUT2D eigenvalue weighted by molar-refractivity contribution is 0.0703. The van der Waals surface area contributed by atoms with Gasteiger partial charge in [0.2, 0.25) is 0 Å². The Bertz CT molecular complexity index is 359. The van der Waals surface area contributed by atoms with Crippen molar-refractivity contribution in [3.8, 4) is 0 Å². The molecule has 2 heteroatoms. The highest BCUT2D eigenvalue weighted by Gasteiger charge is 2.29. The maximum Gasteiger partial charge on any atom is 0.0687 e. The van der Waals surface area contributed by atoms with Crippen LogP contribution in [0, 0.1) is 11.8 Å². The molecule has 0 bridgehead atoms. The lowest BCUT2D eigenvalue weighted by Gasteiger charge is -2.33. The van der Waals surface area contributed by atoms with E-state index >= 15 is 0 Å². The van der Waals surface area contributed by atoms with E-state index in [0.717, 1.165) is 5.92 Å². The van der Waals surface area contributed by atoms with Gasteiger partial charge in [-0.05, 0) is 24.0 Å². The summed E-state index contributed by atoms with van der Waals surface area (Å²) in [5, 5.41) is 10.8. The van der Waals surface area contributed by atoms with Gasteiger partial charge >= 0.3 is 0 Å². The van der Waals surface area contributed by atoms with Crippen molar-refractivity contribution in [1.29, 1.82) is 0 Å². The Kier molecular flexibility index (Phi) is 5.77. The van der Waals surface area contributed by atoms with Gasteiger partial charge in [-0.25, -0.2) is 0 Å². The summed E-state index contributed by atoms with van der Waals surface area (Å²) < 4.78 is 0. The molecule has 1 aliphatic carbocycles. The zero-order chi connectivity index (χ0) is 13.7. The molecule has 3 atom stereocenters. The molecule has 0 aliphatic heterocycles. The third-order valence-corrected chi connectivity index (χ3v) is 5.67. The third-order valence-electron chi connectivity index (χ3n) is 4.48. The highest BCUT2D eigenvalue weighted by Crippen LogP contribution is 2.35. The van der Waals surface area contributed by atoms with Gasteiger partial charge in [0.1, 0.15) is 0 Å². The molecule has 1 aromatic rings. The molecule has 1 fully saturated rings. The Hall–Kier alpha value is -0.470. The van der Waals surface area contributed by atoms with Gasteiger partial charge in [0.25, 0.3) is 0 Å². The van der Waals surface area contributed by atoms with Crippen molar-refractivity contribution >= 4 is 11.8 Å². The molecule has 0 spiro atoms. The molecule has 0 heterocycles. The van der Waals surface area contributed by atoms with Crippen LogP contribution in [-0.4, -0.2) is 16.5 Å². The van der Waals surface area contributed by atoms with Crippen LogP contribution in [0.15, 0.2) is 35.2 Å². The Morgan fingerprint density at radius 2 is 1.68 bits per heavy atom. The quantitative estimate of drug-likeness (QED) is 0.785. The van der Waals surface area contributed by atoms with Crippen molar-refractivity contribution in [2.45, 2.75) is 62.2 Å². The molecule has 1 aromatic carbocycles. The van der Waals surface area contributed by atoms with Gasteiger partial charge in [0.05, 0.1) is 6.10 Å². The topological polar surface area (TPSA) is 20.2 Å². The van der Waals surface area contributed by atoms with Crippen LogP contribution in [0.1, 0.15) is 46.0 Å². The van der Waals surface area contributed by atoms with E-state index in [0.29, 0.717) is 5.92 Å². The van der Waals surface area contributed by atoms with Crippen molar-refractivity contribution in [1.82, 2.24) is 0 Å². The van der Waals surface area contributed by atoms with Crippen molar-refractivity contribution in [2.75, 3.05) is 0 Å². The van der Waals surface area contributed by atoms with Crippen LogP contribution in [0.4, 0.5) is 0 Å². The lowest BCUT2D eigenvalue weighted by Crippen LogP contribution is -2.33. The molecular weight excluding hydrogens is 252 g/mol. The van der Waals surface area contributed by atoms with Crippen LogP contribution in [0.2, 0.25) is 0 Å². The molecule has 0 unspecified atom stereocenters. The van der Waals surface area contributed by atoms with E-state index in [1.807, 2.05) is 6.07 Å². The first kappa shape index (κ1) is 14.9. The molecular formula is C17H26OS. The SMILES string of the molecule is C[C@H](C1CCCCC1)[C@@H](O)[C@@H](C)Sc1ccccc1. The maximum atomic E-state index is 10.6. The number of aliphatic hydroxyl groups excluding tert-OH is 1. The summed E-state index contributed by atoms with van der Waals surface area (Å²) in [6.45, 7) is 4.39. The summed E-state index contributed by atoms with van der Waals surface area (Å²) in [5.41, 5.74) is 0. The van der Waals surface area contributed by atoms with E-state index in [4.69, 9.17) is 0 Å². The van der Waals surface area contributed by atoms with Gasteiger partial charge in [0, 0.05) is 10.1 Å². The summed E-state index contributed by atoms with van der Waals surface area (Å²) in [4.78, 5) is 1.25. The number of benzene rings is 1. The fraction of sp³-hybridized carbons (Fsp3) is 0.647. The second kappa shape index (κ2) is 7.35. The van der Waals surface area contributed by atoms with Gasteiger partial charge in [-0.15, -0.1) is 11.8 Å². The molecule has 1 N–H and O–H groups in total. The second-order valence-electron chi connectivity index (χ2n) is 5.88. The minimum absolute atomic E-state index is 0.201. The molecule has 106 valence electrons. The standard InChI is InChI=1S/C17H26OS/c1-13(15-9-5-3-6-10-15)17(18)14(2)19-16-11-7-4-8-12-16/h4,7-8,11-15,17-18H,3,5-6,9-10H2,1-2H3/t13-,14-,17-/m1/s1. The van der Waals surface area contributed by atoms with Crippen molar-refractivity contribution < 1.29 is 5.11 Å². The first-order valence-corrected chi connectivity index (χ1v) is 8.46. The zero-order valence-electron chi connectivity index (χ0n) is 12.1. The molecule has 2 rings (SSSR count). The lowest BCUT2D eigenvalue weighted by atomic mass is 9.78. The fourth-order valence-corrected chi connectivity index (χ4v) is 4.28. The van der Waals surface area contributed by atoms with Gasteiger partial charge in [-0.2, -0.15) is 0 Å². The molecule has 1 aliphatic rings. The molecule has 1 saturated carbocycles. The molecule has 1 nitrogen and oxygen atoms in total. The van der Waals surface area contributed by atoms with Gasteiger partial charge < -0.3 is 5.11 Å². The molecule has 0 radical (unpaired) electrons. The van der Waals surface area contributed by atoms with Crippen molar-refractivity contribution in [3.63, 3.8) is 0 Å². The monoisotopic (exact) mass is 278 g/mol. The number of aliphatic hydroxyl groups is 1. The Morgan fingerprint density at radius 3 is 2.32 bits per heavy atom. The average Bonchev–Trinajstić information content (AvgIpc) is 2.47. The molecule has 0 saturated heterocycles. The predicted octanol–water partition coefficient (Wildman–Crippen LogP) is 4.74. The third kappa shape index (κ3) is 4.25. The van der Waals surface area contributed by atoms with Gasteiger partial charge in [-0.1, -0.05) is 64.2 Å².